The maximum atomic E-state index is 12.9. The van der Waals surface area contributed by atoms with Crippen molar-refractivity contribution in [3.63, 3.8) is 0 Å². The number of imidazole rings is 1. The molecule has 0 aliphatic heterocycles. The quantitative estimate of drug-likeness (QED) is 0.0479. The summed E-state index contributed by atoms with van der Waals surface area (Å²) < 4.78 is 14.1. The van der Waals surface area contributed by atoms with E-state index in [2.05, 4.69) is 55.3 Å². The highest BCUT2D eigenvalue weighted by Crippen LogP contribution is 2.22. The molecule has 0 saturated carbocycles. The van der Waals surface area contributed by atoms with Crippen LogP contribution in [0.4, 0.5) is 0 Å². The molecule has 0 aliphatic carbocycles. The molecule has 7 nitrogen and oxygen atoms in total. The number of aromatic nitrogens is 2. The van der Waals surface area contributed by atoms with E-state index < -0.39 is 0 Å². The van der Waals surface area contributed by atoms with Crippen molar-refractivity contribution in [3.05, 3.63) is 18.2 Å². The Morgan fingerprint density at radius 1 is 0.448 bits per heavy atom. The molecule has 0 aromatic carbocycles. The summed E-state index contributed by atoms with van der Waals surface area (Å²) in [6, 6.07) is 0. The SMILES string of the molecule is CCCCCCCCCCC(CCCCCCCC)COC(=O)CCCCCCN(CCCCCC(=O)OCC(CCCCCCCC)CCCCCCCCCC)CCCn1ccnc1C. The van der Waals surface area contributed by atoms with Crippen LogP contribution in [-0.2, 0) is 25.6 Å². The smallest absolute Gasteiger partial charge is 0.305 e. The van der Waals surface area contributed by atoms with E-state index in [4.69, 9.17) is 9.47 Å². The fourth-order valence-electron chi connectivity index (χ4n) is 9.93. The van der Waals surface area contributed by atoms with Gasteiger partial charge in [-0.3, -0.25) is 9.59 Å². The number of hydrogen-bond donors (Lipinski definition) is 0. The summed E-state index contributed by atoms with van der Waals surface area (Å²) in [4.78, 5) is 32.8. The van der Waals surface area contributed by atoms with Crippen molar-refractivity contribution >= 4 is 11.9 Å². The first-order valence-electron chi connectivity index (χ1n) is 29.9. The minimum absolute atomic E-state index is 0.00657. The van der Waals surface area contributed by atoms with Gasteiger partial charge in [0.2, 0.25) is 0 Å². The molecule has 1 aromatic heterocycles. The molecule has 0 spiro atoms. The second kappa shape index (κ2) is 49.1. The molecule has 0 radical (unpaired) electrons. The number of carbonyl (C=O) groups is 2. The summed E-state index contributed by atoms with van der Waals surface area (Å²) in [5.41, 5.74) is 0. The Balaban J connectivity index is 2.45. The Labute approximate surface area is 417 Å². The molecule has 0 amide bonds. The standard InChI is InChI=1S/C60H115N3O4/c1-6-10-14-18-22-24-28-35-44-57(42-33-26-20-16-12-8-3)54-66-59(64)46-37-30-31-39-49-62(51-41-52-63-53-48-61-56(63)5)50-40-32-38-47-60(65)67-55-58(43-34-27-21-17-13-9-4)45-36-29-25-23-19-15-11-7-2/h48,53,57-58H,6-47,49-52,54-55H2,1-5H3. The zero-order valence-corrected chi connectivity index (χ0v) is 45.7. The molecule has 0 N–H and O–H groups in total. The maximum absolute atomic E-state index is 12.9. The van der Waals surface area contributed by atoms with Crippen molar-refractivity contribution in [1.82, 2.24) is 14.5 Å². The highest BCUT2D eigenvalue weighted by atomic mass is 16.5. The first kappa shape index (κ1) is 63.1. The van der Waals surface area contributed by atoms with Gasteiger partial charge < -0.3 is 18.9 Å². The first-order valence-corrected chi connectivity index (χ1v) is 29.9. The minimum Gasteiger partial charge on any atom is -0.465 e. The lowest BCUT2D eigenvalue weighted by atomic mass is 9.94. The molecular formula is C60H115N3O4. The lowest BCUT2D eigenvalue weighted by Gasteiger charge is -2.22. The number of unbranched alkanes of at least 4 members (excludes halogenated alkanes) is 29. The summed E-state index contributed by atoms with van der Waals surface area (Å²) in [6.45, 7) is 16.7. The van der Waals surface area contributed by atoms with Gasteiger partial charge in [0.15, 0.2) is 0 Å². The maximum Gasteiger partial charge on any atom is 0.305 e. The lowest BCUT2D eigenvalue weighted by molar-refractivity contribution is -0.146. The predicted molar refractivity (Wildman–Crippen MR) is 289 cm³/mol. The Morgan fingerprint density at radius 2 is 0.761 bits per heavy atom. The zero-order chi connectivity index (χ0) is 48.5. The number of ether oxygens (including phenoxy) is 2. The average molecular weight is 943 g/mol. The van der Waals surface area contributed by atoms with Gasteiger partial charge in [0, 0.05) is 31.8 Å². The molecule has 7 heteroatoms. The third-order valence-electron chi connectivity index (χ3n) is 14.6. The summed E-state index contributed by atoms with van der Waals surface area (Å²) in [5, 5.41) is 0. The van der Waals surface area contributed by atoms with Crippen LogP contribution >= 0.6 is 0 Å². The fourth-order valence-corrected chi connectivity index (χ4v) is 9.93. The van der Waals surface area contributed by atoms with E-state index >= 15 is 0 Å². The van der Waals surface area contributed by atoms with Crippen LogP contribution in [0.1, 0.15) is 303 Å². The minimum atomic E-state index is 0.00657. The van der Waals surface area contributed by atoms with Gasteiger partial charge in [0.25, 0.3) is 0 Å². The first-order chi connectivity index (χ1) is 32.9. The number of hydrogen-bond acceptors (Lipinski definition) is 6. The highest BCUT2D eigenvalue weighted by molar-refractivity contribution is 5.69. The van der Waals surface area contributed by atoms with Gasteiger partial charge in [-0.15, -0.1) is 0 Å². The normalized spacial score (nSPS) is 12.6. The number of esters is 2. The van der Waals surface area contributed by atoms with Crippen molar-refractivity contribution in [3.8, 4) is 0 Å². The van der Waals surface area contributed by atoms with Crippen LogP contribution in [-0.4, -0.2) is 59.2 Å². The molecule has 394 valence electrons. The third kappa shape index (κ3) is 41.6. The third-order valence-corrected chi connectivity index (χ3v) is 14.6. The van der Waals surface area contributed by atoms with E-state index in [9.17, 15) is 9.59 Å². The van der Waals surface area contributed by atoms with Crippen LogP contribution < -0.4 is 0 Å². The summed E-state index contributed by atoms with van der Waals surface area (Å²) in [5.74, 6) is 2.15. The van der Waals surface area contributed by atoms with E-state index in [1.807, 2.05) is 6.20 Å². The zero-order valence-electron chi connectivity index (χ0n) is 45.7. The Morgan fingerprint density at radius 3 is 1.12 bits per heavy atom. The molecule has 67 heavy (non-hydrogen) atoms. The van der Waals surface area contributed by atoms with Gasteiger partial charge in [-0.2, -0.15) is 0 Å². The molecule has 0 aliphatic rings. The Kier molecular flexibility index (Phi) is 46.3. The molecule has 2 unspecified atom stereocenters. The van der Waals surface area contributed by atoms with Crippen LogP contribution in [0.15, 0.2) is 12.4 Å². The van der Waals surface area contributed by atoms with E-state index in [0.717, 1.165) is 83.4 Å². The molecule has 0 bridgehead atoms. The number of aryl methyl sites for hydroxylation is 2. The number of rotatable bonds is 53. The van der Waals surface area contributed by atoms with Crippen LogP contribution in [0.5, 0.6) is 0 Å². The van der Waals surface area contributed by atoms with Crippen LogP contribution in [0.25, 0.3) is 0 Å². The van der Waals surface area contributed by atoms with Crippen molar-refractivity contribution in [2.75, 3.05) is 32.8 Å². The molecular weight excluding hydrogens is 827 g/mol. The highest BCUT2D eigenvalue weighted by Gasteiger charge is 2.15. The van der Waals surface area contributed by atoms with E-state index in [0.29, 0.717) is 37.9 Å². The molecule has 0 fully saturated rings. The summed E-state index contributed by atoms with van der Waals surface area (Å²) in [6.07, 6.45) is 55.9. The van der Waals surface area contributed by atoms with Crippen LogP contribution in [0.2, 0.25) is 0 Å². The second-order valence-corrected chi connectivity index (χ2v) is 21.1. The van der Waals surface area contributed by atoms with Gasteiger partial charge in [0.05, 0.1) is 13.2 Å². The molecule has 2 atom stereocenters. The fraction of sp³-hybridized carbons (Fsp3) is 0.917. The average Bonchev–Trinajstić information content (AvgIpc) is 3.74. The monoisotopic (exact) mass is 942 g/mol. The molecule has 1 aromatic rings. The van der Waals surface area contributed by atoms with Crippen LogP contribution in [0, 0.1) is 18.8 Å². The van der Waals surface area contributed by atoms with Gasteiger partial charge in [-0.05, 0) is 96.2 Å². The molecule has 1 rings (SSSR count). The van der Waals surface area contributed by atoms with E-state index in [1.54, 1.807) is 0 Å². The van der Waals surface area contributed by atoms with Gasteiger partial charge >= 0.3 is 11.9 Å². The number of nitrogens with zero attached hydrogens (tertiary/aromatic N) is 3. The summed E-state index contributed by atoms with van der Waals surface area (Å²) in [7, 11) is 0. The van der Waals surface area contributed by atoms with Gasteiger partial charge in [0.1, 0.15) is 5.82 Å². The van der Waals surface area contributed by atoms with Gasteiger partial charge in [-0.25, -0.2) is 4.98 Å². The topological polar surface area (TPSA) is 73.7 Å². The molecule has 1 heterocycles. The van der Waals surface area contributed by atoms with Gasteiger partial charge in [-0.1, -0.05) is 227 Å². The molecule has 0 saturated heterocycles. The lowest BCUT2D eigenvalue weighted by Crippen LogP contribution is -2.28. The van der Waals surface area contributed by atoms with Crippen molar-refractivity contribution < 1.29 is 19.1 Å². The Bertz CT molecular complexity index is 1190. The summed E-state index contributed by atoms with van der Waals surface area (Å²) >= 11 is 0. The van der Waals surface area contributed by atoms with Crippen molar-refractivity contribution in [2.24, 2.45) is 11.8 Å². The van der Waals surface area contributed by atoms with E-state index in [-0.39, 0.29) is 11.9 Å². The van der Waals surface area contributed by atoms with Crippen LogP contribution in [0.3, 0.4) is 0 Å². The van der Waals surface area contributed by atoms with E-state index in [1.165, 1.54) is 205 Å². The largest absolute Gasteiger partial charge is 0.465 e. The second-order valence-electron chi connectivity index (χ2n) is 21.1. The predicted octanol–water partition coefficient (Wildman–Crippen LogP) is 18.3. The van der Waals surface area contributed by atoms with Crippen molar-refractivity contribution in [1.29, 1.82) is 0 Å². The number of carbonyl (C=O) groups excluding carboxylic acids is 2. The Hall–Kier alpha value is -1.89. The van der Waals surface area contributed by atoms with Crippen molar-refractivity contribution in [2.45, 2.75) is 311 Å².